The van der Waals surface area contributed by atoms with Crippen molar-refractivity contribution in [2.75, 3.05) is 24.5 Å². The molecule has 1 amide bonds. The summed E-state index contributed by atoms with van der Waals surface area (Å²) in [6, 6.07) is 8.90. The van der Waals surface area contributed by atoms with Crippen LogP contribution in [-0.2, 0) is 13.5 Å². The zero-order valence-corrected chi connectivity index (χ0v) is 16.1. The van der Waals surface area contributed by atoms with Gasteiger partial charge in [-0.1, -0.05) is 23.4 Å². The summed E-state index contributed by atoms with van der Waals surface area (Å²) < 4.78 is 3.38. The number of aromatic nitrogens is 5. The van der Waals surface area contributed by atoms with Crippen LogP contribution >= 0.6 is 0 Å². The first-order chi connectivity index (χ1) is 13.6. The normalized spacial score (nSPS) is 18.7. The summed E-state index contributed by atoms with van der Waals surface area (Å²) in [6.45, 7) is 4.32. The third-order valence-corrected chi connectivity index (χ3v) is 5.78. The number of fused-ring (bicyclic) bond motifs is 3. The fourth-order valence-corrected chi connectivity index (χ4v) is 4.39. The first-order valence-corrected chi connectivity index (χ1v) is 9.67. The minimum absolute atomic E-state index is 0.0366. The van der Waals surface area contributed by atoms with E-state index in [1.165, 1.54) is 11.3 Å². The highest BCUT2D eigenvalue weighted by molar-refractivity contribution is 5.93. The maximum absolute atomic E-state index is 13.3. The summed E-state index contributed by atoms with van der Waals surface area (Å²) >= 11 is 0. The number of amides is 1. The van der Waals surface area contributed by atoms with Crippen molar-refractivity contribution >= 4 is 11.6 Å². The molecule has 2 aliphatic rings. The van der Waals surface area contributed by atoms with E-state index in [9.17, 15) is 4.79 Å². The Hall–Kier alpha value is -3.16. The van der Waals surface area contributed by atoms with Gasteiger partial charge in [0.2, 0.25) is 0 Å². The highest BCUT2D eigenvalue weighted by atomic mass is 16.2. The van der Waals surface area contributed by atoms with Gasteiger partial charge < -0.3 is 9.80 Å². The second-order valence-electron chi connectivity index (χ2n) is 7.59. The van der Waals surface area contributed by atoms with Gasteiger partial charge in [-0.15, -0.1) is 5.10 Å². The first-order valence-electron chi connectivity index (χ1n) is 9.67. The maximum atomic E-state index is 13.3. The van der Waals surface area contributed by atoms with E-state index in [0.717, 1.165) is 37.3 Å². The molecular formula is C20H23N7O. The number of carbonyl (C=O) groups is 1. The number of carbonyl (C=O) groups excluding carboxylic acids is 1. The van der Waals surface area contributed by atoms with Crippen LogP contribution in [0.3, 0.4) is 0 Å². The molecule has 5 rings (SSSR count). The standard InChI is InChI=1S/C20H23N7O/c1-14-19(22-23-27(14)17-11-21-24(2)12-17)20(28)25-8-5-9-26-16(13-25)10-15-6-3-4-7-18(15)26/h3-4,6-7,11-12,16H,5,8-10,13H2,1-2H3. The van der Waals surface area contributed by atoms with Gasteiger partial charge >= 0.3 is 0 Å². The second kappa shape index (κ2) is 6.47. The van der Waals surface area contributed by atoms with Crippen LogP contribution in [0.15, 0.2) is 36.7 Å². The summed E-state index contributed by atoms with van der Waals surface area (Å²) in [7, 11) is 1.85. The van der Waals surface area contributed by atoms with Crippen molar-refractivity contribution in [3.05, 3.63) is 53.6 Å². The predicted octanol–water partition coefficient (Wildman–Crippen LogP) is 1.59. The largest absolute Gasteiger partial charge is 0.366 e. The number of hydrogen-bond acceptors (Lipinski definition) is 5. The van der Waals surface area contributed by atoms with E-state index in [2.05, 4.69) is 44.6 Å². The Kier molecular flexibility index (Phi) is 3.92. The number of rotatable bonds is 2. The smallest absolute Gasteiger partial charge is 0.276 e. The van der Waals surface area contributed by atoms with E-state index in [-0.39, 0.29) is 5.91 Å². The predicted molar refractivity (Wildman–Crippen MR) is 105 cm³/mol. The first kappa shape index (κ1) is 17.0. The van der Waals surface area contributed by atoms with E-state index in [0.29, 0.717) is 18.3 Å². The van der Waals surface area contributed by atoms with Crippen molar-refractivity contribution in [2.45, 2.75) is 25.8 Å². The number of anilines is 1. The molecule has 0 radical (unpaired) electrons. The third-order valence-electron chi connectivity index (χ3n) is 5.78. The molecule has 8 nitrogen and oxygen atoms in total. The molecule has 4 heterocycles. The van der Waals surface area contributed by atoms with Gasteiger partial charge in [0.1, 0.15) is 5.69 Å². The Bertz CT molecular complexity index is 1040. The van der Waals surface area contributed by atoms with Crippen LogP contribution < -0.4 is 4.90 Å². The molecule has 8 heteroatoms. The van der Waals surface area contributed by atoms with Gasteiger partial charge in [0.05, 0.1) is 24.1 Å². The number of aryl methyl sites for hydroxylation is 1. The monoisotopic (exact) mass is 377 g/mol. The number of hydrogen-bond donors (Lipinski definition) is 0. The summed E-state index contributed by atoms with van der Waals surface area (Å²) in [6.07, 6.45) is 5.51. The average molecular weight is 377 g/mol. The lowest BCUT2D eigenvalue weighted by atomic mass is 10.1. The van der Waals surface area contributed by atoms with Crippen LogP contribution in [0.4, 0.5) is 5.69 Å². The number of benzene rings is 1. The molecule has 28 heavy (non-hydrogen) atoms. The van der Waals surface area contributed by atoms with Gasteiger partial charge in [0.15, 0.2) is 5.69 Å². The maximum Gasteiger partial charge on any atom is 0.276 e. The zero-order chi connectivity index (χ0) is 19.3. The zero-order valence-electron chi connectivity index (χ0n) is 16.1. The third kappa shape index (κ3) is 2.67. The summed E-state index contributed by atoms with van der Waals surface area (Å²) in [5.74, 6) is -0.0366. The van der Waals surface area contributed by atoms with Gasteiger partial charge in [-0.05, 0) is 31.4 Å². The lowest BCUT2D eigenvalue weighted by Gasteiger charge is -2.27. The molecule has 1 aromatic carbocycles. The molecule has 1 unspecified atom stereocenters. The molecule has 144 valence electrons. The van der Waals surface area contributed by atoms with Crippen molar-refractivity contribution < 1.29 is 4.79 Å². The van der Waals surface area contributed by atoms with E-state index >= 15 is 0 Å². The Labute approximate surface area is 163 Å². The fraction of sp³-hybridized carbons (Fsp3) is 0.400. The molecule has 0 aliphatic carbocycles. The van der Waals surface area contributed by atoms with Crippen LogP contribution in [0.5, 0.6) is 0 Å². The van der Waals surface area contributed by atoms with Crippen LogP contribution in [0.1, 0.15) is 28.2 Å². The minimum Gasteiger partial charge on any atom is -0.366 e. The summed E-state index contributed by atoms with van der Waals surface area (Å²) in [4.78, 5) is 17.7. The Morgan fingerprint density at radius 1 is 1.21 bits per heavy atom. The van der Waals surface area contributed by atoms with Crippen LogP contribution in [0.2, 0.25) is 0 Å². The van der Waals surface area contributed by atoms with Crippen molar-refractivity contribution in [3.63, 3.8) is 0 Å². The minimum atomic E-state index is -0.0366. The van der Waals surface area contributed by atoms with E-state index in [4.69, 9.17) is 0 Å². The van der Waals surface area contributed by atoms with Gasteiger partial charge in [-0.3, -0.25) is 9.48 Å². The van der Waals surface area contributed by atoms with E-state index < -0.39 is 0 Å². The molecule has 2 aliphatic heterocycles. The molecule has 1 saturated heterocycles. The highest BCUT2D eigenvalue weighted by Crippen LogP contribution is 2.33. The van der Waals surface area contributed by atoms with E-state index in [1.54, 1.807) is 15.6 Å². The molecule has 0 spiro atoms. The molecular weight excluding hydrogens is 354 g/mol. The molecule has 1 fully saturated rings. The fourth-order valence-electron chi connectivity index (χ4n) is 4.39. The quantitative estimate of drug-likeness (QED) is 0.678. The van der Waals surface area contributed by atoms with Crippen LogP contribution in [-0.4, -0.2) is 61.3 Å². The Morgan fingerprint density at radius 3 is 2.89 bits per heavy atom. The van der Waals surface area contributed by atoms with Crippen LogP contribution in [0.25, 0.3) is 5.69 Å². The number of para-hydroxylation sites is 1. The molecule has 0 saturated carbocycles. The Balaban J connectivity index is 1.39. The van der Waals surface area contributed by atoms with Gasteiger partial charge in [0, 0.05) is 32.4 Å². The molecule has 1 atom stereocenters. The number of nitrogens with zero attached hydrogens (tertiary/aromatic N) is 7. The molecule has 0 N–H and O–H groups in total. The second-order valence-corrected chi connectivity index (χ2v) is 7.59. The van der Waals surface area contributed by atoms with Gasteiger partial charge in [-0.2, -0.15) is 5.10 Å². The molecule has 2 aromatic heterocycles. The van der Waals surface area contributed by atoms with Crippen molar-refractivity contribution in [3.8, 4) is 5.69 Å². The lowest BCUT2D eigenvalue weighted by Crippen LogP contribution is -2.41. The SMILES string of the molecule is Cc1c(C(=O)N2CCCN3c4ccccc4CC3C2)nnn1-c1cnn(C)c1. The van der Waals surface area contributed by atoms with Crippen LogP contribution in [0, 0.1) is 6.92 Å². The van der Waals surface area contributed by atoms with E-state index in [1.807, 2.05) is 25.1 Å². The Morgan fingerprint density at radius 2 is 2.07 bits per heavy atom. The van der Waals surface area contributed by atoms with Crippen molar-refractivity contribution in [1.82, 2.24) is 29.7 Å². The summed E-state index contributed by atoms with van der Waals surface area (Å²) in [5.41, 5.74) is 4.67. The molecule has 3 aromatic rings. The lowest BCUT2D eigenvalue weighted by molar-refractivity contribution is 0.0749. The highest BCUT2D eigenvalue weighted by Gasteiger charge is 2.35. The van der Waals surface area contributed by atoms with Gasteiger partial charge in [0.25, 0.3) is 5.91 Å². The molecule has 0 bridgehead atoms. The van der Waals surface area contributed by atoms with Crippen molar-refractivity contribution in [2.24, 2.45) is 7.05 Å². The van der Waals surface area contributed by atoms with Gasteiger partial charge in [-0.25, -0.2) is 4.68 Å². The van der Waals surface area contributed by atoms with Crippen molar-refractivity contribution in [1.29, 1.82) is 0 Å². The average Bonchev–Trinajstić information content (AvgIpc) is 3.34. The topological polar surface area (TPSA) is 72.1 Å². The summed E-state index contributed by atoms with van der Waals surface area (Å²) in [5, 5.41) is 12.6.